The molecule has 0 unspecified atom stereocenters. The molecule has 5 amide bonds. The van der Waals surface area contributed by atoms with Crippen molar-refractivity contribution in [3.05, 3.63) is 92.9 Å². The van der Waals surface area contributed by atoms with Crippen LogP contribution in [0.5, 0.6) is 5.75 Å². The number of amides is 5. The van der Waals surface area contributed by atoms with Gasteiger partial charge in [0.25, 0.3) is 17.7 Å². The van der Waals surface area contributed by atoms with Crippen LogP contribution < -0.4 is 20.3 Å². The molecule has 1 aliphatic rings. The lowest BCUT2D eigenvalue weighted by atomic mass is 10.1. The van der Waals surface area contributed by atoms with E-state index in [1.54, 1.807) is 48.5 Å². The Morgan fingerprint density at radius 2 is 1.72 bits per heavy atom. The fourth-order valence-electron chi connectivity index (χ4n) is 3.29. The van der Waals surface area contributed by atoms with Crippen LogP contribution in [0.25, 0.3) is 6.08 Å². The lowest BCUT2D eigenvalue weighted by Crippen LogP contribution is -2.54. The van der Waals surface area contributed by atoms with Gasteiger partial charge in [0.05, 0.1) is 15.7 Å². The van der Waals surface area contributed by atoms with Crippen molar-refractivity contribution in [2.24, 2.45) is 0 Å². The van der Waals surface area contributed by atoms with Crippen LogP contribution >= 0.6 is 34.8 Å². The third kappa shape index (κ3) is 5.85. The summed E-state index contributed by atoms with van der Waals surface area (Å²) in [6.07, 6.45) is 1.32. The topological polar surface area (TPSA) is 105 Å². The van der Waals surface area contributed by atoms with E-state index in [4.69, 9.17) is 39.5 Å². The Bertz CT molecular complexity index is 1420. The standard InChI is InChI=1S/C25H16Cl3N3O5/c26-15-4-2-5-17(11-15)31-24(34)19(23(33)30-25(31)35)10-14-3-1-6-18(9-14)36-13-22(32)29-16-7-8-20(27)21(28)12-16/h1-12H,13H2,(H,29,32)(H,30,33,35)/b19-10+. The van der Waals surface area contributed by atoms with Crippen molar-refractivity contribution in [1.29, 1.82) is 0 Å². The van der Waals surface area contributed by atoms with Crippen molar-refractivity contribution >= 4 is 76.0 Å². The van der Waals surface area contributed by atoms with Gasteiger partial charge in [-0.2, -0.15) is 0 Å². The number of benzene rings is 3. The molecule has 1 heterocycles. The first-order valence-electron chi connectivity index (χ1n) is 10.4. The molecule has 0 radical (unpaired) electrons. The van der Waals surface area contributed by atoms with Crippen molar-refractivity contribution < 1.29 is 23.9 Å². The fraction of sp³-hybridized carbons (Fsp3) is 0.0400. The largest absolute Gasteiger partial charge is 0.484 e. The van der Waals surface area contributed by atoms with Crippen molar-refractivity contribution in [2.75, 3.05) is 16.8 Å². The Labute approximate surface area is 220 Å². The number of nitrogens with one attached hydrogen (secondary N) is 2. The van der Waals surface area contributed by atoms with Crippen LogP contribution in [0.4, 0.5) is 16.2 Å². The summed E-state index contributed by atoms with van der Waals surface area (Å²) in [7, 11) is 0. The van der Waals surface area contributed by atoms with Gasteiger partial charge in [-0.05, 0) is 60.2 Å². The van der Waals surface area contributed by atoms with Gasteiger partial charge in [0.2, 0.25) is 0 Å². The van der Waals surface area contributed by atoms with E-state index in [0.29, 0.717) is 32.1 Å². The summed E-state index contributed by atoms with van der Waals surface area (Å²) in [4.78, 5) is 50.8. The second kappa shape index (κ2) is 10.8. The van der Waals surface area contributed by atoms with E-state index in [1.165, 1.54) is 24.3 Å². The van der Waals surface area contributed by atoms with Gasteiger partial charge >= 0.3 is 6.03 Å². The van der Waals surface area contributed by atoms with Crippen molar-refractivity contribution in [2.45, 2.75) is 0 Å². The predicted molar refractivity (Wildman–Crippen MR) is 137 cm³/mol. The quantitative estimate of drug-likeness (QED) is 0.322. The maximum atomic E-state index is 13.0. The highest BCUT2D eigenvalue weighted by Crippen LogP contribution is 2.26. The van der Waals surface area contributed by atoms with Crippen molar-refractivity contribution in [1.82, 2.24) is 5.32 Å². The number of hydrogen-bond acceptors (Lipinski definition) is 5. The molecule has 0 aliphatic carbocycles. The van der Waals surface area contributed by atoms with Crippen LogP contribution in [0, 0.1) is 0 Å². The highest BCUT2D eigenvalue weighted by molar-refractivity contribution is 6.42. The summed E-state index contributed by atoms with van der Waals surface area (Å²) >= 11 is 17.8. The number of carbonyl (C=O) groups is 4. The van der Waals surface area contributed by atoms with Crippen LogP contribution in [0.3, 0.4) is 0 Å². The second-order valence-electron chi connectivity index (χ2n) is 7.48. The summed E-state index contributed by atoms with van der Waals surface area (Å²) in [5.41, 5.74) is 0.853. The molecule has 8 nitrogen and oxygen atoms in total. The van der Waals surface area contributed by atoms with Gasteiger partial charge in [-0.15, -0.1) is 0 Å². The van der Waals surface area contributed by atoms with Gasteiger partial charge in [-0.25, -0.2) is 9.69 Å². The summed E-state index contributed by atoms with van der Waals surface area (Å²) in [6.45, 7) is -0.309. The van der Waals surface area contributed by atoms with Crippen molar-refractivity contribution in [3.63, 3.8) is 0 Å². The first-order chi connectivity index (χ1) is 17.2. The Kier molecular flexibility index (Phi) is 7.59. The van der Waals surface area contributed by atoms with Crippen LogP contribution in [0.2, 0.25) is 15.1 Å². The van der Waals surface area contributed by atoms with E-state index < -0.39 is 23.8 Å². The number of anilines is 2. The zero-order valence-electron chi connectivity index (χ0n) is 18.3. The number of imide groups is 2. The Hall–Kier alpha value is -3.85. The third-order valence-corrected chi connectivity index (χ3v) is 5.88. The number of rotatable bonds is 6. The smallest absolute Gasteiger partial charge is 0.335 e. The third-order valence-electron chi connectivity index (χ3n) is 4.91. The van der Waals surface area contributed by atoms with Crippen LogP contribution in [-0.4, -0.2) is 30.4 Å². The number of ether oxygens (including phenoxy) is 1. The van der Waals surface area contributed by atoms with Crippen molar-refractivity contribution in [3.8, 4) is 5.75 Å². The molecule has 182 valence electrons. The SMILES string of the molecule is O=C(COc1cccc(/C=C2\C(=O)NC(=O)N(c3cccc(Cl)c3)C2=O)c1)Nc1ccc(Cl)c(Cl)c1. The second-order valence-corrected chi connectivity index (χ2v) is 8.73. The normalized spacial score (nSPS) is 14.6. The zero-order valence-corrected chi connectivity index (χ0v) is 20.5. The molecule has 36 heavy (non-hydrogen) atoms. The molecular formula is C25H16Cl3N3O5. The fourth-order valence-corrected chi connectivity index (χ4v) is 3.77. The Balaban J connectivity index is 1.48. The van der Waals surface area contributed by atoms with Gasteiger partial charge in [-0.3, -0.25) is 19.7 Å². The molecule has 0 aromatic heterocycles. The lowest BCUT2D eigenvalue weighted by molar-refractivity contribution is -0.122. The van der Waals surface area contributed by atoms with E-state index in [1.807, 2.05) is 0 Å². The summed E-state index contributed by atoms with van der Waals surface area (Å²) in [5.74, 6) is -1.76. The van der Waals surface area contributed by atoms with Crippen LogP contribution in [-0.2, 0) is 14.4 Å². The minimum Gasteiger partial charge on any atom is -0.484 e. The number of nitrogens with zero attached hydrogens (tertiary/aromatic N) is 1. The maximum Gasteiger partial charge on any atom is 0.335 e. The van der Waals surface area contributed by atoms with E-state index in [9.17, 15) is 19.2 Å². The number of barbiturate groups is 1. The van der Waals surface area contributed by atoms with E-state index in [0.717, 1.165) is 4.90 Å². The molecule has 4 rings (SSSR count). The van der Waals surface area contributed by atoms with Gasteiger partial charge in [0.1, 0.15) is 11.3 Å². The van der Waals surface area contributed by atoms with Gasteiger partial charge < -0.3 is 10.1 Å². The monoisotopic (exact) mass is 543 g/mol. The molecule has 2 N–H and O–H groups in total. The average Bonchev–Trinajstić information content (AvgIpc) is 2.83. The van der Waals surface area contributed by atoms with E-state index in [-0.39, 0.29) is 17.9 Å². The average molecular weight is 545 g/mol. The van der Waals surface area contributed by atoms with Gasteiger partial charge in [0, 0.05) is 10.7 Å². The molecule has 1 saturated heterocycles. The van der Waals surface area contributed by atoms with Crippen LogP contribution in [0.1, 0.15) is 5.56 Å². The summed E-state index contributed by atoms with van der Waals surface area (Å²) in [6, 6.07) is 16.3. The first kappa shape index (κ1) is 25.2. The minimum atomic E-state index is -0.880. The molecule has 0 bridgehead atoms. The summed E-state index contributed by atoms with van der Waals surface area (Å²) < 4.78 is 5.53. The molecule has 3 aromatic carbocycles. The molecule has 0 saturated carbocycles. The molecule has 0 atom stereocenters. The number of hydrogen-bond donors (Lipinski definition) is 2. The Morgan fingerprint density at radius 1 is 0.944 bits per heavy atom. The van der Waals surface area contributed by atoms with E-state index in [2.05, 4.69) is 10.6 Å². The molecule has 1 fully saturated rings. The molecule has 0 spiro atoms. The van der Waals surface area contributed by atoms with E-state index >= 15 is 0 Å². The lowest BCUT2D eigenvalue weighted by Gasteiger charge is -2.26. The number of carbonyl (C=O) groups excluding carboxylic acids is 4. The minimum absolute atomic E-state index is 0.216. The summed E-state index contributed by atoms with van der Waals surface area (Å²) in [5, 5.41) is 5.77. The molecular weight excluding hydrogens is 529 g/mol. The molecule has 11 heteroatoms. The highest BCUT2D eigenvalue weighted by Gasteiger charge is 2.36. The molecule has 3 aromatic rings. The predicted octanol–water partition coefficient (Wildman–Crippen LogP) is 5.33. The number of halogens is 3. The van der Waals surface area contributed by atoms with Crippen LogP contribution in [0.15, 0.2) is 72.3 Å². The van der Waals surface area contributed by atoms with Gasteiger partial charge in [-0.1, -0.05) is 53.0 Å². The number of urea groups is 1. The molecule has 1 aliphatic heterocycles. The Morgan fingerprint density at radius 3 is 2.47 bits per heavy atom. The zero-order chi connectivity index (χ0) is 25.8. The highest BCUT2D eigenvalue weighted by atomic mass is 35.5. The first-order valence-corrected chi connectivity index (χ1v) is 11.5. The van der Waals surface area contributed by atoms with Gasteiger partial charge in [0.15, 0.2) is 6.61 Å². The maximum absolute atomic E-state index is 13.0.